The van der Waals surface area contributed by atoms with Crippen LogP contribution in [-0.4, -0.2) is 25.1 Å². The number of esters is 1. The molecule has 0 radical (unpaired) electrons. The second kappa shape index (κ2) is 11.0. The lowest BCUT2D eigenvalue weighted by atomic mass is 10.0. The lowest BCUT2D eigenvalue weighted by Crippen LogP contribution is -2.32. The molecule has 1 unspecified atom stereocenters. The van der Waals surface area contributed by atoms with E-state index in [1.165, 1.54) is 24.3 Å². The molecular formula is C21H23F2NO4. The van der Waals surface area contributed by atoms with Crippen molar-refractivity contribution in [2.75, 3.05) is 6.61 Å². The molecule has 150 valence electrons. The molecule has 0 fully saturated rings. The molecule has 28 heavy (non-hydrogen) atoms. The van der Waals surface area contributed by atoms with Crippen molar-refractivity contribution in [1.82, 2.24) is 5.32 Å². The topological polar surface area (TPSA) is 64.6 Å². The summed E-state index contributed by atoms with van der Waals surface area (Å²) in [4.78, 5) is 24.0. The minimum Gasteiger partial charge on any atom is -0.455 e. The van der Waals surface area contributed by atoms with Gasteiger partial charge >= 0.3 is 12.6 Å². The normalized spacial score (nSPS) is 11.7. The molecule has 0 aliphatic heterocycles. The summed E-state index contributed by atoms with van der Waals surface area (Å²) in [5.74, 6) is -0.949. The van der Waals surface area contributed by atoms with Gasteiger partial charge in [0.05, 0.1) is 12.5 Å². The zero-order chi connectivity index (χ0) is 20.4. The molecule has 2 aromatic rings. The van der Waals surface area contributed by atoms with Crippen molar-refractivity contribution in [1.29, 1.82) is 0 Å². The van der Waals surface area contributed by atoms with Gasteiger partial charge in [0.15, 0.2) is 6.61 Å². The molecule has 7 heteroatoms. The van der Waals surface area contributed by atoms with Crippen molar-refractivity contribution in [2.24, 2.45) is 0 Å². The summed E-state index contributed by atoms with van der Waals surface area (Å²) in [6.45, 7) is -1.25. The Kier molecular flexibility index (Phi) is 8.39. The zero-order valence-electron chi connectivity index (χ0n) is 15.6. The molecule has 0 aliphatic rings. The van der Waals surface area contributed by atoms with E-state index in [0.29, 0.717) is 5.56 Å². The molecule has 2 aromatic carbocycles. The summed E-state index contributed by atoms with van der Waals surface area (Å²) >= 11 is 0. The van der Waals surface area contributed by atoms with Crippen LogP contribution in [0.2, 0.25) is 0 Å². The largest absolute Gasteiger partial charge is 0.455 e. The third-order valence-corrected chi connectivity index (χ3v) is 3.98. The van der Waals surface area contributed by atoms with Crippen LogP contribution in [0.15, 0.2) is 54.6 Å². The van der Waals surface area contributed by atoms with E-state index in [1.807, 2.05) is 37.3 Å². The fraction of sp³-hybridized carbons (Fsp3) is 0.333. The average Bonchev–Trinajstić information content (AvgIpc) is 2.68. The first-order chi connectivity index (χ1) is 13.5. The van der Waals surface area contributed by atoms with Crippen LogP contribution in [-0.2, 0) is 20.7 Å². The first-order valence-electron chi connectivity index (χ1n) is 9.01. The highest BCUT2D eigenvalue weighted by Gasteiger charge is 2.15. The number of ether oxygens (including phenoxy) is 2. The zero-order valence-corrected chi connectivity index (χ0v) is 15.6. The minimum atomic E-state index is -2.90. The summed E-state index contributed by atoms with van der Waals surface area (Å²) < 4.78 is 33.5. The third kappa shape index (κ3) is 7.34. The SMILES string of the molecule is CCCC(NC(=O)COC(=O)Cc1ccc(OC(F)F)cc1)c1ccccc1. The first kappa shape index (κ1) is 21.3. The molecule has 0 saturated carbocycles. The Balaban J connectivity index is 1.80. The number of halogens is 2. The van der Waals surface area contributed by atoms with Crippen molar-refractivity contribution in [3.63, 3.8) is 0 Å². The van der Waals surface area contributed by atoms with Gasteiger partial charge in [0.1, 0.15) is 5.75 Å². The summed E-state index contributed by atoms with van der Waals surface area (Å²) in [5, 5.41) is 2.88. The predicted octanol–water partition coefficient (Wildman–Crippen LogP) is 4.03. The lowest BCUT2D eigenvalue weighted by Gasteiger charge is -2.18. The summed E-state index contributed by atoms with van der Waals surface area (Å²) in [5.41, 5.74) is 1.57. The molecule has 1 amide bonds. The Labute approximate surface area is 162 Å². The van der Waals surface area contributed by atoms with Crippen molar-refractivity contribution < 1.29 is 27.8 Å². The van der Waals surface area contributed by atoms with E-state index < -0.39 is 12.6 Å². The van der Waals surface area contributed by atoms with E-state index in [0.717, 1.165) is 18.4 Å². The summed E-state index contributed by atoms with van der Waals surface area (Å²) in [6.07, 6.45) is 1.60. The third-order valence-electron chi connectivity index (χ3n) is 3.98. The van der Waals surface area contributed by atoms with Gasteiger partial charge in [-0.1, -0.05) is 55.8 Å². The maximum absolute atomic E-state index is 12.1. The monoisotopic (exact) mass is 391 g/mol. The molecule has 1 N–H and O–H groups in total. The van der Waals surface area contributed by atoms with E-state index in [-0.39, 0.29) is 30.7 Å². The van der Waals surface area contributed by atoms with Crippen molar-refractivity contribution >= 4 is 11.9 Å². The quantitative estimate of drug-likeness (QED) is 0.621. The number of hydrogen-bond acceptors (Lipinski definition) is 4. The molecule has 0 aliphatic carbocycles. The highest BCUT2D eigenvalue weighted by atomic mass is 19.3. The maximum Gasteiger partial charge on any atom is 0.387 e. The number of benzene rings is 2. The van der Waals surface area contributed by atoms with Gasteiger partial charge < -0.3 is 14.8 Å². The van der Waals surface area contributed by atoms with Gasteiger partial charge in [-0.05, 0) is 29.7 Å². The van der Waals surface area contributed by atoms with Crippen LogP contribution >= 0.6 is 0 Å². The lowest BCUT2D eigenvalue weighted by molar-refractivity contribution is -0.148. The molecule has 0 saturated heterocycles. The standard InChI is InChI=1S/C21H23F2NO4/c1-2-6-18(16-7-4-3-5-8-16)24-19(25)14-27-20(26)13-15-9-11-17(12-10-15)28-21(22)23/h3-5,7-12,18,21H,2,6,13-14H2,1H3,(H,24,25). The first-order valence-corrected chi connectivity index (χ1v) is 9.01. The van der Waals surface area contributed by atoms with Crippen LogP contribution in [0.4, 0.5) is 8.78 Å². The Morgan fingerprint density at radius 3 is 2.32 bits per heavy atom. The molecular weight excluding hydrogens is 368 g/mol. The number of nitrogens with one attached hydrogen (secondary N) is 1. The highest BCUT2D eigenvalue weighted by molar-refractivity contribution is 5.81. The highest BCUT2D eigenvalue weighted by Crippen LogP contribution is 2.18. The maximum atomic E-state index is 12.1. The molecule has 0 aromatic heterocycles. The van der Waals surface area contributed by atoms with Crippen LogP contribution in [0.3, 0.4) is 0 Å². The van der Waals surface area contributed by atoms with Crippen LogP contribution < -0.4 is 10.1 Å². The smallest absolute Gasteiger partial charge is 0.387 e. The van der Waals surface area contributed by atoms with Gasteiger partial charge in [0.25, 0.3) is 5.91 Å². The van der Waals surface area contributed by atoms with Crippen LogP contribution in [0.5, 0.6) is 5.75 Å². The average molecular weight is 391 g/mol. The van der Waals surface area contributed by atoms with Gasteiger partial charge in [0.2, 0.25) is 0 Å². The molecule has 5 nitrogen and oxygen atoms in total. The van der Waals surface area contributed by atoms with E-state index in [1.54, 1.807) is 0 Å². The molecule has 0 bridgehead atoms. The van der Waals surface area contributed by atoms with Gasteiger partial charge in [-0.3, -0.25) is 9.59 Å². The van der Waals surface area contributed by atoms with Crippen LogP contribution in [0.1, 0.15) is 36.9 Å². The Bertz CT molecular complexity index is 751. The molecule has 0 spiro atoms. The predicted molar refractivity (Wildman–Crippen MR) is 100.0 cm³/mol. The van der Waals surface area contributed by atoms with E-state index in [4.69, 9.17) is 4.74 Å². The Hall–Kier alpha value is -2.96. The van der Waals surface area contributed by atoms with Crippen molar-refractivity contribution in [3.05, 3.63) is 65.7 Å². The van der Waals surface area contributed by atoms with Gasteiger partial charge in [0, 0.05) is 0 Å². The number of rotatable bonds is 10. The second-order valence-corrected chi connectivity index (χ2v) is 6.18. The van der Waals surface area contributed by atoms with Crippen molar-refractivity contribution in [2.45, 2.75) is 38.8 Å². The second-order valence-electron chi connectivity index (χ2n) is 6.18. The van der Waals surface area contributed by atoms with Crippen molar-refractivity contribution in [3.8, 4) is 5.75 Å². The molecule has 1 atom stereocenters. The van der Waals surface area contributed by atoms with Gasteiger partial charge in [-0.2, -0.15) is 8.78 Å². The summed E-state index contributed by atoms with van der Waals surface area (Å²) in [6, 6.07) is 15.1. The van der Waals surface area contributed by atoms with Gasteiger partial charge in [-0.15, -0.1) is 0 Å². The Morgan fingerprint density at radius 2 is 1.71 bits per heavy atom. The number of alkyl halides is 2. The fourth-order valence-electron chi connectivity index (χ4n) is 2.68. The van der Waals surface area contributed by atoms with Crippen LogP contribution in [0, 0.1) is 0 Å². The van der Waals surface area contributed by atoms with Crippen LogP contribution in [0.25, 0.3) is 0 Å². The number of carbonyl (C=O) groups is 2. The molecule has 2 rings (SSSR count). The minimum absolute atomic E-state index is 0.00868. The van der Waals surface area contributed by atoms with E-state index in [9.17, 15) is 18.4 Å². The number of carbonyl (C=O) groups excluding carboxylic acids is 2. The fourth-order valence-corrected chi connectivity index (χ4v) is 2.68. The Morgan fingerprint density at radius 1 is 1.04 bits per heavy atom. The number of hydrogen-bond donors (Lipinski definition) is 1. The summed E-state index contributed by atoms with van der Waals surface area (Å²) in [7, 11) is 0. The number of amides is 1. The van der Waals surface area contributed by atoms with E-state index in [2.05, 4.69) is 10.1 Å². The van der Waals surface area contributed by atoms with E-state index >= 15 is 0 Å². The molecule has 0 heterocycles. The van der Waals surface area contributed by atoms with Gasteiger partial charge in [-0.25, -0.2) is 0 Å².